The molecule has 1 fully saturated rings. The van der Waals surface area contributed by atoms with Crippen molar-refractivity contribution in [3.05, 3.63) is 74.2 Å². The maximum atomic E-state index is 14.9. The number of nitrogens with zero attached hydrogens (tertiary/aromatic N) is 1. The van der Waals surface area contributed by atoms with Crippen LogP contribution in [0.2, 0.25) is 15.1 Å². The van der Waals surface area contributed by atoms with Crippen LogP contribution in [0.5, 0.6) is 0 Å². The molecule has 4 nitrogen and oxygen atoms in total. The number of amides is 1. The Morgan fingerprint density at radius 3 is 2.12 bits per heavy atom. The molecule has 32 heavy (non-hydrogen) atoms. The molecule has 2 aromatic carbocycles. The van der Waals surface area contributed by atoms with Gasteiger partial charge in [-0.05, 0) is 29.3 Å². The van der Waals surface area contributed by atoms with Crippen LogP contribution >= 0.6 is 34.8 Å². The van der Waals surface area contributed by atoms with Crippen LogP contribution in [0.15, 0.2) is 42.5 Å². The first-order valence-electron chi connectivity index (χ1n) is 9.30. The van der Waals surface area contributed by atoms with Crippen LogP contribution in [0.3, 0.4) is 0 Å². The Balaban J connectivity index is 1.67. The summed E-state index contributed by atoms with van der Waals surface area (Å²) in [5.74, 6) is -0.224. The van der Waals surface area contributed by atoms with Crippen LogP contribution in [-0.4, -0.2) is 30.1 Å². The predicted molar refractivity (Wildman–Crippen MR) is 113 cm³/mol. The lowest BCUT2D eigenvalue weighted by Gasteiger charge is -2.44. The highest BCUT2D eigenvalue weighted by atomic mass is 35.5. The lowest BCUT2D eigenvalue weighted by atomic mass is 9.87. The highest BCUT2D eigenvalue weighted by molar-refractivity contribution is 6.48. The van der Waals surface area contributed by atoms with Crippen molar-refractivity contribution in [2.24, 2.45) is 0 Å². The van der Waals surface area contributed by atoms with Gasteiger partial charge in [0.05, 0.1) is 33.9 Å². The molecule has 1 atom stereocenters. The van der Waals surface area contributed by atoms with Gasteiger partial charge in [0, 0.05) is 12.5 Å². The fourth-order valence-corrected chi connectivity index (χ4v) is 4.26. The molecule has 11 heteroatoms. The molecule has 0 spiro atoms. The minimum Gasteiger partial charge on any atom is -0.336 e. The summed E-state index contributed by atoms with van der Waals surface area (Å²) in [5.41, 5.74) is -1.90. The summed E-state index contributed by atoms with van der Waals surface area (Å²) in [6, 6.07) is 7.97. The van der Waals surface area contributed by atoms with Crippen molar-refractivity contribution in [3.8, 4) is 0 Å². The molecule has 2 heterocycles. The quantitative estimate of drug-likeness (QED) is 0.407. The van der Waals surface area contributed by atoms with E-state index in [1.165, 1.54) is 36.1 Å². The fourth-order valence-electron chi connectivity index (χ4n) is 3.67. The van der Waals surface area contributed by atoms with Crippen molar-refractivity contribution < 1.29 is 27.2 Å². The summed E-state index contributed by atoms with van der Waals surface area (Å²) >= 11 is 17.7. The van der Waals surface area contributed by atoms with Crippen molar-refractivity contribution in [2.45, 2.75) is 24.4 Å². The molecule has 1 unspecified atom stereocenters. The summed E-state index contributed by atoms with van der Waals surface area (Å²) in [6.45, 7) is 1.22. The van der Waals surface area contributed by atoms with Gasteiger partial charge in [-0.1, -0.05) is 59.1 Å². The molecule has 1 amide bonds. The number of hydrogen-bond acceptors (Lipinski definition) is 3. The zero-order valence-corrected chi connectivity index (χ0v) is 18.6. The summed E-state index contributed by atoms with van der Waals surface area (Å²) < 4.78 is 57.3. The maximum Gasteiger partial charge on any atom is 0.428 e. The van der Waals surface area contributed by atoms with E-state index in [4.69, 9.17) is 39.6 Å². The van der Waals surface area contributed by atoms with Gasteiger partial charge in [0.1, 0.15) is 0 Å². The summed E-state index contributed by atoms with van der Waals surface area (Å²) in [5, 5.41) is -0.374. The van der Waals surface area contributed by atoms with Crippen LogP contribution in [0, 0.1) is 0 Å². The second-order valence-corrected chi connectivity index (χ2v) is 8.86. The standard InChI is InChI=1S/C21H15Cl3F4N2O2/c1-11(31)30-9-19(25,10-30)13-4-2-12(3-5-13)17-8-20(32-29-17,21(26,27)28)14-6-15(22)18(24)16(23)7-14/h2-8,29H,9-10H2,1H3. The molecular weight excluding hydrogens is 495 g/mol. The smallest absolute Gasteiger partial charge is 0.336 e. The van der Waals surface area contributed by atoms with Crippen molar-refractivity contribution in [1.82, 2.24) is 10.4 Å². The van der Waals surface area contributed by atoms with E-state index in [2.05, 4.69) is 5.48 Å². The van der Waals surface area contributed by atoms with Crippen molar-refractivity contribution >= 4 is 46.4 Å². The summed E-state index contributed by atoms with van der Waals surface area (Å²) in [7, 11) is 0. The SMILES string of the molecule is CC(=O)N1CC(F)(c2ccc(C3=CC(c4cc(Cl)c(Cl)c(Cl)c4)(C(F)(F)F)ON3)cc2)C1. The first-order valence-corrected chi connectivity index (χ1v) is 10.4. The number of rotatable bonds is 3. The monoisotopic (exact) mass is 508 g/mol. The Bertz CT molecular complexity index is 1090. The summed E-state index contributed by atoms with van der Waals surface area (Å²) in [6.07, 6.45) is -4.00. The van der Waals surface area contributed by atoms with Crippen LogP contribution in [0.1, 0.15) is 23.6 Å². The van der Waals surface area contributed by atoms with Gasteiger partial charge >= 0.3 is 6.18 Å². The third-order valence-electron chi connectivity index (χ3n) is 5.54. The van der Waals surface area contributed by atoms with E-state index in [9.17, 15) is 22.4 Å². The summed E-state index contributed by atoms with van der Waals surface area (Å²) in [4.78, 5) is 17.7. The Morgan fingerprint density at radius 1 is 1.06 bits per heavy atom. The number of carbonyl (C=O) groups is 1. The number of hydroxylamine groups is 1. The molecule has 2 aliphatic rings. The van der Waals surface area contributed by atoms with Crippen molar-refractivity contribution in [2.75, 3.05) is 13.1 Å². The first kappa shape index (κ1) is 23.2. The van der Waals surface area contributed by atoms with Gasteiger partial charge in [-0.25, -0.2) is 4.39 Å². The topological polar surface area (TPSA) is 41.6 Å². The number of hydrogen-bond donors (Lipinski definition) is 1. The molecule has 170 valence electrons. The molecule has 4 rings (SSSR count). The average molecular weight is 510 g/mol. The highest BCUT2D eigenvalue weighted by Crippen LogP contribution is 2.49. The molecule has 1 saturated heterocycles. The Hall–Kier alpha value is -2.00. The molecule has 0 saturated carbocycles. The zero-order valence-electron chi connectivity index (χ0n) is 16.4. The molecule has 1 N–H and O–H groups in total. The molecular formula is C21H15Cl3F4N2O2. The Labute approximate surface area is 195 Å². The third kappa shape index (κ3) is 3.73. The van der Waals surface area contributed by atoms with E-state index in [0.29, 0.717) is 11.1 Å². The maximum absolute atomic E-state index is 14.9. The molecule has 2 aliphatic heterocycles. The van der Waals surface area contributed by atoms with E-state index in [0.717, 1.165) is 18.2 Å². The number of halogens is 7. The fraction of sp³-hybridized carbons (Fsp3) is 0.286. The van der Waals surface area contributed by atoms with E-state index in [1.54, 1.807) is 0 Å². The lowest BCUT2D eigenvalue weighted by Crippen LogP contribution is -2.58. The second-order valence-electron chi connectivity index (χ2n) is 7.67. The largest absolute Gasteiger partial charge is 0.428 e. The highest BCUT2D eigenvalue weighted by Gasteiger charge is 2.60. The van der Waals surface area contributed by atoms with Crippen LogP contribution in [0.25, 0.3) is 5.70 Å². The van der Waals surface area contributed by atoms with Crippen molar-refractivity contribution in [3.63, 3.8) is 0 Å². The molecule has 0 aliphatic carbocycles. The zero-order chi connectivity index (χ0) is 23.5. The van der Waals surface area contributed by atoms with Gasteiger partial charge in [-0.3, -0.25) is 15.1 Å². The second kappa shape index (κ2) is 7.80. The van der Waals surface area contributed by atoms with Gasteiger partial charge in [0.2, 0.25) is 11.5 Å². The van der Waals surface area contributed by atoms with Gasteiger partial charge < -0.3 is 4.90 Å². The number of nitrogens with one attached hydrogen (secondary N) is 1. The first-order chi connectivity index (χ1) is 14.9. The number of alkyl halides is 4. The van der Waals surface area contributed by atoms with Crippen molar-refractivity contribution in [1.29, 1.82) is 0 Å². The lowest BCUT2D eigenvalue weighted by molar-refractivity contribution is -0.269. The van der Waals surface area contributed by atoms with Crippen LogP contribution < -0.4 is 5.48 Å². The third-order valence-corrected chi connectivity index (χ3v) is 6.74. The normalized spacial score (nSPS) is 22.2. The molecule has 0 aromatic heterocycles. The van der Waals surface area contributed by atoms with Gasteiger partial charge in [-0.2, -0.15) is 13.2 Å². The van der Waals surface area contributed by atoms with Crippen LogP contribution in [0.4, 0.5) is 17.6 Å². The minimum absolute atomic E-state index is 0.0305. The van der Waals surface area contributed by atoms with Gasteiger partial charge in [0.25, 0.3) is 0 Å². The van der Waals surface area contributed by atoms with E-state index < -0.39 is 17.4 Å². The van der Waals surface area contributed by atoms with Crippen LogP contribution in [-0.2, 0) is 20.9 Å². The molecule has 0 radical (unpaired) electrons. The van der Waals surface area contributed by atoms with E-state index >= 15 is 0 Å². The molecule has 0 bridgehead atoms. The number of carbonyl (C=O) groups excluding carboxylic acids is 1. The van der Waals surface area contributed by atoms with E-state index in [1.807, 2.05) is 0 Å². The van der Waals surface area contributed by atoms with E-state index in [-0.39, 0.29) is 45.3 Å². The number of likely N-dealkylation sites (tertiary alicyclic amines) is 1. The Kier molecular flexibility index (Phi) is 5.65. The minimum atomic E-state index is -4.87. The average Bonchev–Trinajstić information content (AvgIpc) is 3.16. The Morgan fingerprint density at radius 2 is 1.62 bits per heavy atom. The number of benzene rings is 2. The predicted octanol–water partition coefficient (Wildman–Crippen LogP) is 6.01. The van der Waals surface area contributed by atoms with Gasteiger partial charge in [-0.15, -0.1) is 0 Å². The van der Waals surface area contributed by atoms with Gasteiger partial charge in [0.15, 0.2) is 5.67 Å². The molecule has 2 aromatic rings.